The molecule has 0 saturated carbocycles. The third kappa shape index (κ3) is 3.26. The fourth-order valence-electron chi connectivity index (χ4n) is 2.02. The highest BCUT2D eigenvalue weighted by atomic mass is 32.2. The lowest BCUT2D eigenvalue weighted by atomic mass is 10.0. The van der Waals surface area contributed by atoms with Crippen LogP contribution in [-0.2, 0) is 21.9 Å². The monoisotopic (exact) mass is 293 g/mol. The molecule has 1 aromatic heterocycles. The van der Waals surface area contributed by atoms with E-state index in [0.29, 0.717) is 11.4 Å². The predicted molar refractivity (Wildman–Crippen MR) is 78.1 cm³/mol. The van der Waals surface area contributed by atoms with Gasteiger partial charge in [0.05, 0.1) is 22.5 Å². The number of nitrogens with zero attached hydrogens (tertiary/aromatic N) is 2. The molecular formula is C14H19N3O2S. The molecule has 108 valence electrons. The van der Waals surface area contributed by atoms with Crippen LogP contribution in [0.3, 0.4) is 0 Å². The van der Waals surface area contributed by atoms with Gasteiger partial charge in [-0.25, -0.2) is 13.4 Å². The van der Waals surface area contributed by atoms with Crippen molar-refractivity contribution >= 4 is 9.84 Å². The molecule has 0 aliphatic carbocycles. The number of imidazole rings is 1. The molecule has 0 amide bonds. The minimum atomic E-state index is -3.15. The third-order valence-corrected chi connectivity index (χ3v) is 4.21. The summed E-state index contributed by atoms with van der Waals surface area (Å²) in [6, 6.07) is 6.86. The Balaban J connectivity index is 2.26. The average molecular weight is 293 g/mol. The van der Waals surface area contributed by atoms with Crippen molar-refractivity contribution in [1.82, 2.24) is 9.55 Å². The molecular weight excluding hydrogens is 274 g/mol. The Morgan fingerprint density at radius 2 is 1.85 bits per heavy atom. The van der Waals surface area contributed by atoms with Crippen molar-refractivity contribution in [2.24, 2.45) is 5.73 Å². The van der Waals surface area contributed by atoms with E-state index >= 15 is 0 Å². The van der Waals surface area contributed by atoms with Crippen LogP contribution in [0.25, 0.3) is 0 Å². The summed E-state index contributed by atoms with van der Waals surface area (Å²) in [5, 5.41) is 0. The SMILES string of the molecule is CC(C)(N)c1cncn1Cc1ccc(S(C)(=O)=O)cc1. The highest BCUT2D eigenvalue weighted by Gasteiger charge is 2.19. The van der Waals surface area contributed by atoms with Gasteiger partial charge in [-0.2, -0.15) is 0 Å². The zero-order valence-electron chi connectivity index (χ0n) is 11.9. The molecule has 0 saturated heterocycles. The third-order valence-electron chi connectivity index (χ3n) is 3.08. The van der Waals surface area contributed by atoms with Gasteiger partial charge in [0.15, 0.2) is 9.84 Å². The van der Waals surface area contributed by atoms with E-state index in [9.17, 15) is 8.42 Å². The molecule has 1 aromatic carbocycles. The van der Waals surface area contributed by atoms with Crippen LogP contribution >= 0.6 is 0 Å². The van der Waals surface area contributed by atoms with Gasteiger partial charge in [-0.05, 0) is 31.5 Å². The summed E-state index contributed by atoms with van der Waals surface area (Å²) in [6.07, 6.45) is 4.69. The van der Waals surface area contributed by atoms with Crippen molar-refractivity contribution < 1.29 is 8.42 Å². The van der Waals surface area contributed by atoms with Crippen molar-refractivity contribution in [2.45, 2.75) is 30.8 Å². The Morgan fingerprint density at radius 1 is 1.25 bits per heavy atom. The second kappa shape index (κ2) is 5.03. The second-order valence-corrected chi connectivity index (χ2v) is 7.56. The van der Waals surface area contributed by atoms with Crippen molar-refractivity contribution in [3.05, 3.63) is 48.0 Å². The van der Waals surface area contributed by atoms with Crippen LogP contribution in [0, 0.1) is 0 Å². The first kappa shape index (κ1) is 14.7. The summed E-state index contributed by atoms with van der Waals surface area (Å²) in [5.74, 6) is 0. The van der Waals surface area contributed by atoms with Crippen LogP contribution in [-0.4, -0.2) is 24.2 Å². The zero-order valence-corrected chi connectivity index (χ0v) is 12.7. The average Bonchev–Trinajstić information content (AvgIpc) is 2.76. The lowest BCUT2D eigenvalue weighted by Gasteiger charge is -2.20. The molecule has 2 rings (SSSR count). The van der Waals surface area contributed by atoms with Crippen molar-refractivity contribution in [2.75, 3.05) is 6.26 Å². The summed E-state index contributed by atoms with van der Waals surface area (Å²) in [5.41, 5.74) is 7.56. The number of nitrogens with two attached hydrogens (primary N) is 1. The summed E-state index contributed by atoms with van der Waals surface area (Å²) >= 11 is 0. The topological polar surface area (TPSA) is 78.0 Å². The lowest BCUT2D eigenvalue weighted by Crippen LogP contribution is -2.31. The molecule has 6 heteroatoms. The highest BCUT2D eigenvalue weighted by molar-refractivity contribution is 7.90. The van der Waals surface area contributed by atoms with Crippen molar-refractivity contribution in [1.29, 1.82) is 0 Å². The minimum absolute atomic E-state index is 0.325. The molecule has 0 spiro atoms. The van der Waals surface area contributed by atoms with E-state index in [0.717, 1.165) is 11.3 Å². The predicted octanol–water partition coefficient (Wildman–Crippen LogP) is 1.53. The largest absolute Gasteiger partial charge is 0.328 e. The van der Waals surface area contributed by atoms with Crippen molar-refractivity contribution in [3.63, 3.8) is 0 Å². The molecule has 0 aliphatic heterocycles. The maximum atomic E-state index is 11.4. The van der Waals surface area contributed by atoms with E-state index in [1.54, 1.807) is 24.7 Å². The quantitative estimate of drug-likeness (QED) is 0.927. The van der Waals surface area contributed by atoms with Crippen LogP contribution < -0.4 is 5.73 Å². The number of aromatic nitrogens is 2. The number of benzene rings is 1. The molecule has 2 N–H and O–H groups in total. The molecule has 5 nitrogen and oxygen atoms in total. The standard InChI is InChI=1S/C14H19N3O2S/c1-14(2,15)13-8-16-10-17(13)9-11-4-6-12(7-5-11)20(3,18)19/h4-8,10H,9,15H2,1-3H3. The fourth-order valence-corrected chi connectivity index (χ4v) is 2.65. The van der Waals surface area contributed by atoms with E-state index in [2.05, 4.69) is 4.98 Å². The Kier molecular flexibility index (Phi) is 3.71. The van der Waals surface area contributed by atoms with Gasteiger partial charge in [0.25, 0.3) is 0 Å². The first-order valence-corrected chi connectivity index (χ1v) is 8.15. The summed E-state index contributed by atoms with van der Waals surface area (Å²) in [4.78, 5) is 4.45. The first-order valence-electron chi connectivity index (χ1n) is 6.26. The molecule has 0 atom stereocenters. The molecule has 0 fully saturated rings. The number of hydrogen-bond donors (Lipinski definition) is 1. The van der Waals surface area contributed by atoms with E-state index < -0.39 is 15.4 Å². The Labute approximate surface area is 119 Å². The number of rotatable bonds is 4. The van der Waals surface area contributed by atoms with Gasteiger partial charge in [0.2, 0.25) is 0 Å². The zero-order chi connectivity index (χ0) is 15.0. The van der Waals surface area contributed by atoms with Gasteiger partial charge in [0.1, 0.15) is 0 Å². The van der Waals surface area contributed by atoms with E-state index in [1.165, 1.54) is 6.26 Å². The van der Waals surface area contributed by atoms with Crippen LogP contribution in [0.2, 0.25) is 0 Å². The normalized spacial score (nSPS) is 12.6. The number of hydrogen-bond acceptors (Lipinski definition) is 4. The highest BCUT2D eigenvalue weighted by Crippen LogP contribution is 2.18. The summed E-state index contributed by atoms with van der Waals surface area (Å²) < 4.78 is 24.8. The molecule has 0 unspecified atom stereocenters. The van der Waals surface area contributed by atoms with Crippen LogP contribution in [0.5, 0.6) is 0 Å². The van der Waals surface area contributed by atoms with Crippen LogP contribution in [0.4, 0.5) is 0 Å². The molecule has 20 heavy (non-hydrogen) atoms. The molecule has 0 aliphatic rings. The minimum Gasteiger partial charge on any atom is -0.328 e. The molecule has 2 aromatic rings. The fraction of sp³-hybridized carbons (Fsp3) is 0.357. The first-order chi connectivity index (χ1) is 9.18. The Morgan fingerprint density at radius 3 is 2.35 bits per heavy atom. The van der Waals surface area contributed by atoms with Gasteiger partial charge in [-0.1, -0.05) is 12.1 Å². The van der Waals surface area contributed by atoms with E-state index in [4.69, 9.17) is 5.73 Å². The Bertz CT molecular complexity index is 695. The smallest absolute Gasteiger partial charge is 0.175 e. The van der Waals surface area contributed by atoms with Crippen molar-refractivity contribution in [3.8, 4) is 0 Å². The molecule has 1 heterocycles. The van der Waals surface area contributed by atoms with Crippen LogP contribution in [0.1, 0.15) is 25.1 Å². The van der Waals surface area contributed by atoms with E-state index in [-0.39, 0.29) is 0 Å². The van der Waals surface area contributed by atoms with E-state index in [1.807, 2.05) is 30.5 Å². The summed E-state index contributed by atoms with van der Waals surface area (Å²) in [7, 11) is -3.15. The van der Waals surface area contributed by atoms with Gasteiger partial charge in [0, 0.05) is 19.0 Å². The molecule has 0 bridgehead atoms. The second-order valence-electron chi connectivity index (χ2n) is 5.54. The Hall–Kier alpha value is -1.66. The van der Waals surface area contributed by atoms with Gasteiger partial charge in [-0.15, -0.1) is 0 Å². The molecule has 0 radical (unpaired) electrons. The maximum Gasteiger partial charge on any atom is 0.175 e. The van der Waals surface area contributed by atoms with Gasteiger partial charge < -0.3 is 10.3 Å². The maximum absolute atomic E-state index is 11.4. The lowest BCUT2D eigenvalue weighted by molar-refractivity contribution is 0.503. The van der Waals surface area contributed by atoms with Gasteiger partial charge in [-0.3, -0.25) is 0 Å². The van der Waals surface area contributed by atoms with Crippen LogP contribution in [0.15, 0.2) is 41.7 Å². The van der Waals surface area contributed by atoms with Gasteiger partial charge >= 0.3 is 0 Å². The number of sulfone groups is 1. The summed E-state index contributed by atoms with van der Waals surface area (Å²) in [6.45, 7) is 4.46.